The number of carbonyl (C=O) groups excluding carboxylic acids is 1. The third-order valence-electron chi connectivity index (χ3n) is 4.34. The summed E-state index contributed by atoms with van der Waals surface area (Å²) in [5.41, 5.74) is 0.230. The van der Waals surface area contributed by atoms with Crippen molar-refractivity contribution in [3.8, 4) is 11.5 Å². The minimum absolute atomic E-state index is 0.0695. The Bertz CT molecular complexity index is 944. The summed E-state index contributed by atoms with van der Waals surface area (Å²) in [7, 11) is -3.75. The Morgan fingerprint density at radius 2 is 1.81 bits per heavy atom. The zero-order chi connectivity index (χ0) is 18.1. The van der Waals surface area contributed by atoms with Crippen molar-refractivity contribution in [1.82, 2.24) is 9.62 Å². The zero-order valence-electron chi connectivity index (χ0n) is 13.9. The number of benzene rings is 2. The first-order valence-corrected chi connectivity index (χ1v) is 9.76. The lowest BCUT2D eigenvalue weighted by atomic mass is 10.2. The van der Waals surface area contributed by atoms with Crippen molar-refractivity contribution in [3.63, 3.8) is 0 Å². The first-order valence-electron chi connectivity index (χ1n) is 8.32. The average molecular weight is 374 g/mol. The second-order valence-corrected chi connectivity index (χ2v) is 7.91. The summed E-state index contributed by atoms with van der Waals surface area (Å²) >= 11 is 0. The van der Waals surface area contributed by atoms with Crippen molar-refractivity contribution < 1.29 is 22.7 Å². The highest BCUT2D eigenvalue weighted by atomic mass is 32.2. The topological polar surface area (TPSA) is 84.9 Å². The molecular formula is C18H18N2O5S. The second-order valence-electron chi connectivity index (χ2n) is 6.08. The van der Waals surface area contributed by atoms with Crippen LogP contribution in [0.1, 0.15) is 10.4 Å². The van der Waals surface area contributed by atoms with Crippen LogP contribution in [0.15, 0.2) is 53.4 Å². The predicted molar refractivity (Wildman–Crippen MR) is 93.9 cm³/mol. The van der Waals surface area contributed by atoms with Crippen LogP contribution in [-0.4, -0.2) is 51.0 Å². The van der Waals surface area contributed by atoms with E-state index in [2.05, 4.69) is 5.32 Å². The maximum atomic E-state index is 12.5. The summed E-state index contributed by atoms with van der Waals surface area (Å²) < 4.78 is 37.3. The van der Waals surface area contributed by atoms with Gasteiger partial charge < -0.3 is 14.8 Å². The van der Waals surface area contributed by atoms with Crippen LogP contribution in [0.3, 0.4) is 0 Å². The fourth-order valence-corrected chi connectivity index (χ4v) is 4.63. The minimum atomic E-state index is -3.75. The Balaban J connectivity index is 1.32. The lowest BCUT2D eigenvalue weighted by molar-refractivity contribution is 0.0853. The Morgan fingerprint density at radius 3 is 2.62 bits per heavy atom. The SMILES string of the molecule is O=C1c2ccccc2S(=O)(=O)N1CCNCC1COc2ccccc2O1. The van der Waals surface area contributed by atoms with Gasteiger partial charge in [0.1, 0.15) is 17.6 Å². The highest BCUT2D eigenvalue weighted by molar-refractivity contribution is 7.90. The number of ether oxygens (including phenoxy) is 2. The molecule has 0 bridgehead atoms. The van der Waals surface area contributed by atoms with Gasteiger partial charge in [-0.25, -0.2) is 12.7 Å². The van der Waals surface area contributed by atoms with E-state index in [0.29, 0.717) is 25.4 Å². The summed E-state index contributed by atoms with van der Waals surface area (Å²) in [6.45, 7) is 1.31. The van der Waals surface area contributed by atoms with Gasteiger partial charge in [0.2, 0.25) is 0 Å². The van der Waals surface area contributed by atoms with E-state index in [1.165, 1.54) is 12.1 Å². The first-order chi connectivity index (χ1) is 12.6. The molecule has 1 amide bonds. The normalized spacial score (nSPS) is 20.1. The number of nitrogens with one attached hydrogen (secondary N) is 1. The molecule has 0 aromatic heterocycles. The van der Waals surface area contributed by atoms with Crippen molar-refractivity contribution in [3.05, 3.63) is 54.1 Å². The summed E-state index contributed by atoms with van der Waals surface area (Å²) in [5, 5.41) is 3.13. The molecule has 2 aromatic rings. The molecule has 2 aliphatic heterocycles. The molecule has 0 saturated heterocycles. The van der Waals surface area contributed by atoms with Crippen LogP contribution in [-0.2, 0) is 10.0 Å². The van der Waals surface area contributed by atoms with Crippen LogP contribution in [0.2, 0.25) is 0 Å². The van der Waals surface area contributed by atoms with Gasteiger partial charge in [-0.2, -0.15) is 0 Å². The smallest absolute Gasteiger partial charge is 0.269 e. The number of hydrogen-bond donors (Lipinski definition) is 1. The van der Waals surface area contributed by atoms with Gasteiger partial charge in [-0.05, 0) is 24.3 Å². The molecule has 8 heteroatoms. The number of nitrogens with zero attached hydrogens (tertiary/aromatic N) is 1. The Hall–Kier alpha value is -2.58. The summed E-state index contributed by atoms with van der Waals surface area (Å²) in [6, 6.07) is 13.7. The van der Waals surface area contributed by atoms with Crippen LogP contribution in [0, 0.1) is 0 Å². The van der Waals surface area contributed by atoms with Gasteiger partial charge in [-0.1, -0.05) is 24.3 Å². The van der Waals surface area contributed by atoms with Crippen molar-refractivity contribution in [2.75, 3.05) is 26.2 Å². The minimum Gasteiger partial charge on any atom is -0.486 e. The van der Waals surface area contributed by atoms with Gasteiger partial charge >= 0.3 is 0 Å². The fraction of sp³-hybridized carbons (Fsp3) is 0.278. The summed E-state index contributed by atoms with van der Waals surface area (Å²) in [6.07, 6.45) is -0.173. The van der Waals surface area contributed by atoms with E-state index in [-0.39, 0.29) is 23.1 Å². The number of hydrogen-bond acceptors (Lipinski definition) is 6. The molecular weight excluding hydrogens is 356 g/mol. The van der Waals surface area contributed by atoms with Gasteiger partial charge in [0.15, 0.2) is 11.5 Å². The van der Waals surface area contributed by atoms with E-state index in [9.17, 15) is 13.2 Å². The second kappa shape index (κ2) is 6.62. The standard InChI is InChI=1S/C18H18N2O5S/c21-18-14-5-1-4-8-17(14)26(22,23)20(18)10-9-19-11-13-12-24-15-6-2-3-7-16(15)25-13/h1-8,13,19H,9-12H2. The predicted octanol–water partition coefficient (Wildman–Crippen LogP) is 1.26. The molecule has 0 fully saturated rings. The molecule has 2 aromatic carbocycles. The van der Waals surface area contributed by atoms with Crippen LogP contribution < -0.4 is 14.8 Å². The molecule has 2 heterocycles. The average Bonchev–Trinajstić information content (AvgIpc) is 2.85. The van der Waals surface area contributed by atoms with Crippen LogP contribution in [0.25, 0.3) is 0 Å². The van der Waals surface area contributed by atoms with E-state index in [4.69, 9.17) is 9.47 Å². The van der Waals surface area contributed by atoms with E-state index < -0.39 is 15.9 Å². The molecule has 26 heavy (non-hydrogen) atoms. The highest BCUT2D eigenvalue weighted by Crippen LogP contribution is 2.31. The molecule has 1 N–H and O–H groups in total. The molecule has 0 aliphatic carbocycles. The fourth-order valence-electron chi connectivity index (χ4n) is 3.06. The van der Waals surface area contributed by atoms with E-state index >= 15 is 0 Å². The van der Waals surface area contributed by atoms with Gasteiger partial charge in [0.25, 0.3) is 15.9 Å². The van der Waals surface area contributed by atoms with Crippen molar-refractivity contribution >= 4 is 15.9 Å². The third-order valence-corrected chi connectivity index (χ3v) is 6.18. The largest absolute Gasteiger partial charge is 0.486 e. The zero-order valence-corrected chi connectivity index (χ0v) is 14.7. The van der Waals surface area contributed by atoms with E-state index in [1.807, 2.05) is 24.3 Å². The summed E-state index contributed by atoms with van der Waals surface area (Å²) in [4.78, 5) is 12.4. The lowest BCUT2D eigenvalue weighted by Gasteiger charge is -2.26. The number of fused-ring (bicyclic) bond motifs is 2. The van der Waals surface area contributed by atoms with Crippen molar-refractivity contribution in [1.29, 1.82) is 0 Å². The van der Waals surface area contributed by atoms with E-state index in [0.717, 1.165) is 10.1 Å². The number of rotatable bonds is 5. The Morgan fingerprint density at radius 1 is 1.08 bits per heavy atom. The van der Waals surface area contributed by atoms with Crippen molar-refractivity contribution in [2.24, 2.45) is 0 Å². The van der Waals surface area contributed by atoms with Gasteiger partial charge in [0.05, 0.1) is 12.1 Å². The molecule has 0 saturated carbocycles. The lowest BCUT2D eigenvalue weighted by Crippen LogP contribution is -2.42. The quantitative estimate of drug-likeness (QED) is 0.793. The van der Waals surface area contributed by atoms with E-state index in [1.54, 1.807) is 12.1 Å². The van der Waals surface area contributed by atoms with Crippen molar-refractivity contribution in [2.45, 2.75) is 11.0 Å². The van der Waals surface area contributed by atoms with Crippen LogP contribution >= 0.6 is 0 Å². The molecule has 1 unspecified atom stereocenters. The Labute approximate surface area is 151 Å². The molecule has 0 spiro atoms. The Kier molecular flexibility index (Phi) is 4.29. The van der Waals surface area contributed by atoms with Gasteiger partial charge in [-0.15, -0.1) is 0 Å². The van der Waals surface area contributed by atoms with Crippen LogP contribution in [0.4, 0.5) is 0 Å². The third kappa shape index (κ3) is 2.91. The molecule has 0 radical (unpaired) electrons. The maximum Gasteiger partial charge on any atom is 0.269 e. The number of sulfonamides is 1. The van der Waals surface area contributed by atoms with Gasteiger partial charge in [0, 0.05) is 13.1 Å². The summed E-state index contributed by atoms with van der Waals surface area (Å²) in [5.74, 6) is 0.933. The molecule has 4 rings (SSSR count). The van der Waals surface area contributed by atoms with Gasteiger partial charge in [-0.3, -0.25) is 4.79 Å². The molecule has 1 atom stereocenters. The first kappa shape index (κ1) is 16.9. The maximum absolute atomic E-state index is 12.5. The molecule has 136 valence electrons. The number of para-hydroxylation sites is 2. The molecule has 7 nitrogen and oxygen atoms in total. The molecule has 2 aliphatic rings. The number of amides is 1. The monoisotopic (exact) mass is 374 g/mol. The number of carbonyl (C=O) groups is 1. The highest BCUT2D eigenvalue weighted by Gasteiger charge is 2.40. The van der Waals surface area contributed by atoms with Crippen LogP contribution in [0.5, 0.6) is 11.5 Å².